The fraction of sp³-hybridized carbons (Fsp3) is 0.550. The Kier molecular flexibility index (Phi) is 4.20. The number of nitrogens with one attached hydrogen (secondary N) is 1. The van der Waals surface area contributed by atoms with Crippen LogP contribution in [0.25, 0.3) is 10.9 Å². The number of carbonyl (C=O) groups excluding carboxylic acids is 1. The van der Waals surface area contributed by atoms with E-state index in [1.165, 1.54) is 0 Å². The van der Waals surface area contributed by atoms with E-state index >= 15 is 0 Å². The molecule has 3 atom stereocenters. The number of aliphatic hydroxyl groups excluding tert-OH is 1. The van der Waals surface area contributed by atoms with Crippen molar-refractivity contribution in [3.63, 3.8) is 0 Å². The maximum absolute atomic E-state index is 13.3. The number of hydrogen-bond donors (Lipinski definition) is 2. The first-order chi connectivity index (χ1) is 12.5. The number of aromatic nitrogens is 1. The first kappa shape index (κ1) is 17.4. The second-order valence-corrected chi connectivity index (χ2v) is 7.50. The molecular weight excluding hydrogens is 332 g/mol. The van der Waals surface area contributed by atoms with Crippen molar-refractivity contribution in [3.05, 3.63) is 29.5 Å². The van der Waals surface area contributed by atoms with Gasteiger partial charge in [0.2, 0.25) is 0 Å². The second-order valence-electron chi connectivity index (χ2n) is 7.50. The largest absolute Gasteiger partial charge is 0.497 e. The van der Waals surface area contributed by atoms with Crippen molar-refractivity contribution in [3.8, 4) is 5.75 Å². The predicted molar refractivity (Wildman–Crippen MR) is 98.6 cm³/mol. The Morgan fingerprint density at radius 3 is 2.88 bits per heavy atom. The van der Waals surface area contributed by atoms with Gasteiger partial charge in [0.15, 0.2) is 0 Å². The number of amides is 1. The van der Waals surface area contributed by atoms with E-state index < -0.39 is 0 Å². The number of likely N-dealkylation sites (tertiary alicyclic amines) is 1. The lowest BCUT2D eigenvalue weighted by atomic mass is 9.79. The zero-order valence-electron chi connectivity index (χ0n) is 15.5. The monoisotopic (exact) mass is 358 g/mol. The minimum atomic E-state index is -0.371. The molecule has 1 aliphatic carbocycles. The molecule has 2 heterocycles. The Labute approximate surface area is 153 Å². The van der Waals surface area contributed by atoms with Crippen molar-refractivity contribution < 1.29 is 19.4 Å². The van der Waals surface area contributed by atoms with Gasteiger partial charge in [-0.25, -0.2) is 0 Å². The molecule has 2 fully saturated rings. The predicted octanol–water partition coefficient (Wildman–Crippen LogP) is 2.63. The van der Waals surface area contributed by atoms with Crippen molar-refractivity contribution in [1.82, 2.24) is 9.88 Å². The molecule has 140 valence electrons. The maximum Gasteiger partial charge on any atom is 0.270 e. The summed E-state index contributed by atoms with van der Waals surface area (Å²) < 4.78 is 11.2. The molecule has 0 spiro atoms. The van der Waals surface area contributed by atoms with Gasteiger partial charge in [-0.05, 0) is 56.4 Å². The van der Waals surface area contributed by atoms with Crippen LogP contribution in [0.1, 0.15) is 41.7 Å². The minimum Gasteiger partial charge on any atom is -0.497 e. The Balaban J connectivity index is 1.69. The number of nitrogens with zero attached hydrogens (tertiary/aromatic N) is 1. The molecular formula is C20H26N2O4. The zero-order valence-corrected chi connectivity index (χ0v) is 15.5. The second kappa shape index (κ2) is 6.28. The van der Waals surface area contributed by atoms with Crippen LogP contribution in [-0.4, -0.2) is 59.4 Å². The van der Waals surface area contributed by atoms with Crippen LogP contribution in [0.5, 0.6) is 5.75 Å². The van der Waals surface area contributed by atoms with Gasteiger partial charge in [0.05, 0.1) is 24.9 Å². The van der Waals surface area contributed by atoms with Crippen LogP contribution < -0.4 is 4.74 Å². The number of ether oxygens (including phenoxy) is 2. The van der Waals surface area contributed by atoms with Gasteiger partial charge in [-0.3, -0.25) is 4.79 Å². The van der Waals surface area contributed by atoms with Crippen molar-refractivity contribution in [2.24, 2.45) is 0 Å². The van der Waals surface area contributed by atoms with Crippen LogP contribution in [-0.2, 0) is 4.74 Å². The van der Waals surface area contributed by atoms with Gasteiger partial charge in [0, 0.05) is 24.6 Å². The molecule has 0 radical (unpaired) electrons. The van der Waals surface area contributed by atoms with Gasteiger partial charge in [-0.15, -0.1) is 0 Å². The molecule has 1 amide bonds. The first-order valence-electron chi connectivity index (χ1n) is 9.19. The van der Waals surface area contributed by atoms with Gasteiger partial charge in [0.1, 0.15) is 11.4 Å². The Morgan fingerprint density at radius 2 is 2.15 bits per heavy atom. The number of aliphatic hydroxyl groups is 1. The van der Waals surface area contributed by atoms with Crippen molar-refractivity contribution in [2.75, 3.05) is 20.8 Å². The van der Waals surface area contributed by atoms with Crippen LogP contribution in [0.4, 0.5) is 0 Å². The summed E-state index contributed by atoms with van der Waals surface area (Å²) in [4.78, 5) is 18.5. The number of benzene rings is 1. The lowest BCUT2D eigenvalue weighted by Gasteiger charge is -2.42. The highest BCUT2D eigenvalue weighted by molar-refractivity contribution is 6.01. The average Bonchev–Trinajstić information content (AvgIpc) is 3.19. The molecule has 1 aromatic carbocycles. The van der Waals surface area contributed by atoms with Crippen LogP contribution in [0, 0.1) is 6.92 Å². The third-order valence-electron chi connectivity index (χ3n) is 6.30. The smallest absolute Gasteiger partial charge is 0.270 e. The Hall–Kier alpha value is -2.05. The number of aryl methyl sites for hydroxylation is 1. The zero-order chi connectivity index (χ0) is 18.5. The van der Waals surface area contributed by atoms with Crippen LogP contribution in [0.15, 0.2) is 18.2 Å². The molecule has 0 bridgehead atoms. The third kappa shape index (κ3) is 2.51. The summed E-state index contributed by atoms with van der Waals surface area (Å²) in [7, 11) is 3.36. The van der Waals surface area contributed by atoms with E-state index in [9.17, 15) is 9.90 Å². The quantitative estimate of drug-likeness (QED) is 0.884. The molecule has 2 N–H and O–H groups in total. The number of hydrogen-bond acceptors (Lipinski definition) is 4. The highest BCUT2D eigenvalue weighted by Gasteiger charge is 2.52. The van der Waals surface area contributed by atoms with E-state index in [-0.39, 0.29) is 23.7 Å². The Bertz CT molecular complexity index is 846. The lowest BCUT2D eigenvalue weighted by Crippen LogP contribution is -2.52. The highest BCUT2D eigenvalue weighted by atomic mass is 16.5. The van der Waals surface area contributed by atoms with E-state index in [0.29, 0.717) is 18.7 Å². The van der Waals surface area contributed by atoms with Gasteiger partial charge < -0.3 is 24.5 Å². The number of fused-ring (bicyclic) bond motifs is 2. The van der Waals surface area contributed by atoms with Crippen molar-refractivity contribution in [2.45, 2.75) is 50.4 Å². The third-order valence-corrected chi connectivity index (χ3v) is 6.30. The van der Waals surface area contributed by atoms with Crippen molar-refractivity contribution in [1.29, 1.82) is 0 Å². The fourth-order valence-corrected chi connectivity index (χ4v) is 4.71. The maximum atomic E-state index is 13.3. The summed E-state index contributed by atoms with van der Waals surface area (Å²) in [5.74, 6) is 0.754. The van der Waals surface area contributed by atoms with Gasteiger partial charge in [-0.1, -0.05) is 0 Å². The van der Waals surface area contributed by atoms with Crippen LogP contribution >= 0.6 is 0 Å². The van der Waals surface area contributed by atoms with Gasteiger partial charge in [-0.2, -0.15) is 0 Å². The summed E-state index contributed by atoms with van der Waals surface area (Å²) in [6.07, 6.45) is 2.55. The summed E-state index contributed by atoms with van der Waals surface area (Å²) >= 11 is 0. The first-order valence-corrected chi connectivity index (χ1v) is 9.19. The molecule has 1 saturated carbocycles. The molecule has 6 heteroatoms. The molecule has 1 aromatic heterocycles. The van der Waals surface area contributed by atoms with Crippen LogP contribution in [0.2, 0.25) is 0 Å². The molecule has 2 aromatic rings. The standard InChI is InChI=1S/C20H26N2O4/c1-12-15-11-14(25-2)4-5-16(15)21-18(12)19(24)22-9-8-20(26-3)7-6-13(23)10-17(20)22/h4-5,11,13,17,21,23H,6-10H2,1-3H3/t13-,17-,20+/m0/s1. The number of aromatic amines is 1. The summed E-state index contributed by atoms with van der Waals surface area (Å²) in [6.45, 7) is 2.61. The van der Waals surface area contributed by atoms with E-state index in [0.717, 1.165) is 41.5 Å². The molecule has 6 nitrogen and oxygen atoms in total. The molecule has 4 rings (SSSR count). The summed E-state index contributed by atoms with van der Waals surface area (Å²) in [6, 6.07) is 5.69. The molecule has 26 heavy (non-hydrogen) atoms. The lowest BCUT2D eigenvalue weighted by molar-refractivity contribution is -0.0824. The molecule has 0 unspecified atom stereocenters. The normalized spacial score (nSPS) is 28.4. The average molecular weight is 358 g/mol. The van der Waals surface area contributed by atoms with E-state index in [1.54, 1.807) is 14.2 Å². The topological polar surface area (TPSA) is 74.8 Å². The molecule has 1 saturated heterocycles. The number of H-pyrrole nitrogens is 1. The minimum absolute atomic E-state index is 0.0179. The summed E-state index contributed by atoms with van der Waals surface area (Å²) in [5.41, 5.74) is 2.14. The van der Waals surface area contributed by atoms with Crippen LogP contribution in [0.3, 0.4) is 0 Å². The van der Waals surface area contributed by atoms with E-state index in [4.69, 9.17) is 9.47 Å². The van der Waals surface area contributed by atoms with Gasteiger partial charge in [0.25, 0.3) is 5.91 Å². The number of carbonyl (C=O) groups is 1. The SMILES string of the molecule is COc1ccc2[nH]c(C(=O)N3CC[C@]4(OC)CC[C@H](O)C[C@H]34)c(C)c2c1. The number of methoxy groups -OCH3 is 2. The Morgan fingerprint density at radius 1 is 1.35 bits per heavy atom. The highest BCUT2D eigenvalue weighted by Crippen LogP contribution is 2.43. The summed E-state index contributed by atoms with van der Waals surface area (Å²) in [5, 5.41) is 11.1. The van der Waals surface area contributed by atoms with Crippen molar-refractivity contribution >= 4 is 16.8 Å². The number of rotatable bonds is 3. The van der Waals surface area contributed by atoms with E-state index in [1.807, 2.05) is 30.0 Å². The fourth-order valence-electron chi connectivity index (χ4n) is 4.71. The molecule has 1 aliphatic heterocycles. The molecule has 2 aliphatic rings. The van der Waals surface area contributed by atoms with Gasteiger partial charge >= 0.3 is 0 Å². The van der Waals surface area contributed by atoms with E-state index in [2.05, 4.69) is 4.98 Å².